The molecule has 1 aromatic carbocycles. The van der Waals surface area contributed by atoms with Crippen LogP contribution < -0.4 is 15.6 Å². The van der Waals surface area contributed by atoms with Crippen LogP contribution in [0.4, 0.5) is 10.1 Å². The Bertz CT molecular complexity index is 728. The number of hydrogen-bond donors (Lipinski definition) is 1. The first-order valence-corrected chi connectivity index (χ1v) is 6.18. The number of hydrogen-bond acceptors (Lipinski definition) is 4. The molecule has 110 valence electrons. The number of carbonyl (C=O) groups is 1. The Morgan fingerprint density at radius 3 is 2.81 bits per heavy atom. The number of rotatable bonds is 4. The predicted octanol–water partition coefficient (Wildman–Crippen LogP) is 1.34. The third-order valence-corrected chi connectivity index (χ3v) is 2.73. The highest BCUT2D eigenvalue weighted by Gasteiger charge is 2.13. The normalized spacial score (nSPS) is 10.2. The van der Waals surface area contributed by atoms with E-state index < -0.39 is 17.3 Å². The Hall–Kier alpha value is -2.70. The molecule has 1 N–H and O–H groups in total. The van der Waals surface area contributed by atoms with E-state index in [-0.39, 0.29) is 18.2 Å². The number of anilines is 1. The van der Waals surface area contributed by atoms with Crippen LogP contribution in [0.25, 0.3) is 0 Å². The van der Waals surface area contributed by atoms with Crippen molar-refractivity contribution >= 4 is 11.6 Å². The van der Waals surface area contributed by atoms with Crippen molar-refractivity contribution in [1.29, 1.82) is 0 Å². The average Bonchev–Trinajstić information content (AvgIpc) is 2.44. The van der Waals surface area contributed by atoms with Gasteiger partial charge >= 0.3 is 0 Å². The van der Waals surface area contributed by atoms with Gasteiger partial charge in [-0.2, -0.15) is 0 Å². The van der Waals surface area contributed by atoms with E-state index in [1.807, 2.05) is 0 Å². The SMILES string of the molecule is COc1nc(C)cc(=O)n1CC(=O)Nc1ccccc1F. The summed E-state index contributed by atoms with van der Waals surface area (Å²) in [6.07, 6.45) is 0. The Labute approximate surface area is 120 Å². The van der Waals surface area contributed by atoms with E-state index in [9.17, 15) is 14.0 Å². The average molecular weight is 291 g/mol. The van der Waals surface area contributed by atoms with Crippen LogP contribution in [0.15, 0.2) is 35.1 Å². The van der Waals surface area contributed by atoms with Crippen molar-refractivity contribution in [3.63, 3.8) is 0 Å². The molecule has 0 saturated carbocycles. The molecular formula is C14H14FN3O3. The maximum Gasteiger partial charge on any atom is 0.299 e. The summed E-state index contributed by atoms with van der Waals surface area (Å²) in [6.45, 7) is 1.33. The van der Waals surface area contributed by atoms with Crippen LogP contribution >= 0.6 is 0 Å². The molecule has 0 fully saturated rings. The Morgan fingerprint density at radius 2 is 2.14 bits per heavy atom. The number of amides is 1. The van der Waals surface area contributed by atoms with E-state index >= 15 is 0 Å². The Morgan fingerprint density at radius 1 is 1.43 bits per heavy atom. The van der Waals surface area contributed by atoms with Crippen molar-refractivity contribution in [2.45, 2.75) is 13.5 Å². The van der Waals surface area contributed by atoms with E-state index in [4.69, 9.17) is 4.74 Å². The van der Waals surface area contributed by atoms with Crippen LogP contribution in [-0.2, 0) is 11.3 Å². The van der Waals surface area contributed by atoms with Gasteiger partial charge in [-0.15, -0.1) is 0 Å². The molecule has 0 atom stereocenters. The number of benzene rings is 1. The molecule has 1 amide bonds. The van der Waals surface area contributed by atoms with Crippen molar-refractivity contribution in [1.82, 2.24) is 9.55 Å². The highest BCUT2D eigenvalue weighted by Crippen LogP contribution is 2.12. The van der Waals surface area contributed by atoms with Gasteiger partial charge in [-0.05, 0) is 19.1 Å². The lowest BCUT2D eigenvalue weighted by molar-refractivity contribution is -0.116. The van der Waals surface area contributed by atoms with E-state index in [0.29, 0.717) is 5.69 Å². The molecule has 1 heterocycles. The summed E-state index contributed by atoms with van der Waals surface area (Å²) in [5, 5.41) is 2.39. The van der Waals surface area contributed by atoms with Crippen LogP contribution in [0.5, 0.6) is 6.01 Å². The highest BCUT2D eigenvalue weighted by atomic mass is 19.1. The highest BCUT2D eigenvalue weighted by molar-refractivity contribution is 5.90. The largest absolute Gasteiger partial charge is 0.468 e. The van der Waals surface area contributed by atoms with Gasteiger partial charge in [-0.25, -0.2) is 9.37 Å². The van der Waals surface area contributed by atoms with Crippen molar-refractivity contribution in [2.75, 3.05) is 12.4 Å². The topological polar surface area (TPSA) is 73.2 Å². The van der Waals surface area contributed by atoms with Gasteiger partial charge in [0.15, 0.2) is 0 Å². The first-order valence-electron chi connectivity index (χ1n) is 6.18. The molecule has 0 unspecified atom stereocenters. The number of nitrogens with one attached hydrogen (secondary N) is 1. The second-order valence-electron chi connectivity index (χ2n) is 4.34. The second kappa shape index (κ2) is 6.17. The number of carbonyl (C=O) groups excluding carboxylic acids is 1. The second-order valence-corrected chi connectivity index (χ2v) is 4.34. The van der Waals surface area contributed by atoms with Crippen molar-refractivity contribution < 1.29 is 13.9 Å². The Kier molecular flexibility index (Phi) is 4.32. The molecule has 0 bridgehead atoms. The summed E-state index contributed by atoms with van der Waals surface area (Å²) in [5.74, 6) is -1.10. The molecule has 0 aliphatic carbocycles. The maximum absolute atomic E-state index is 13.4. The minimum absolute atomic E-state index is 0.0312. The lowest BCUT2D eigenvalue weighted by atomic mass is 10.3. The van der Waals surface area contributed by atoms with Crippen LogP contribution in [0, 0.1) is 12.7 Å². The molecule has 0 spiro atoms. The van der Waals surface area contributed by atoms with Gasteiger partial charge in [0.05, 0.1) is 12.8 Å². The molecule has 0 aliphatic heterocycles. The summed E-state index contributed by atoms with van der Waals surface area (Å²) in [5.41, 5.74) is 0.125. The molecule has 0 saturated heterocycles. The summed E-state index contributed by atoms with van der Waals surface area (Å²) in [4.78, 5) is 27.8. The number of aromatic nitrogens is 2. The van der Waals surface area contributed by atoms with Crippen molar-refractivity contribution in [3.8, 4) is 6.01 Å². The number of ether oxygens (including phenoxy) is 1. The lowest BCUT2D eigenvalue weighted by Crippen LogP contribution is -2.29. The number of para-hydroxylation sites is 1. The first-order chi connectivity index (χ1) is 10.0. The molecule has 6 nitrogen and oxygen atoms in total. The standard InChI is InChI=1S/C14H14FN3O3/c1-9-7-13(20)18(14(16-9)21-2)8-12(19)17-11-6-4-3-5-10(11)15/h3-7H,8H2,1-2H3,(H,17,19). The molecule has 0 aliphatic rings. The van der Waals surface area contributed by atoms with Gasteiger partial charge in [-0.3, -0.25) is 14.2 Å². The molecule has 21 heavy (non-hydrogen) atoms. The van der Waals surface area contributed by atoms with Gasteiger partial charge < -0.3 is 10.1 Å². The zero-order valence-electron chi connectivity index (χ0n) is 11.6. The number of aryl methyl sites for hydroxylation is 1. The molecule has 2 aromatic rings. The third-order valence-electron chi connectivity index (χ3n) is 2.73. The fraction of sp³-hybridized carbons (Fsp3) is 0.214. The fourth-order valence-electron chi connectivity index (χ4n) is 1.79. The van der Waals surface area contributed by atoms with Gasteiger partial charge in [-0.1, -0.05) is 12.1 Å². The van der Waals surface area contributed by atoms with Gasteiger partial charge in [0.2, 0.25) is 5.91 Å². The molecular weight excluding hydrogens is 277 g/mol. The van der Waals surface area contributed by atoms with E-state index in [1.165, 1.54) is 31.4 Å². The van der Waals surface area contributed by atoms with Crippen LogP contribution in [-0.4, -0.2) is 22.6 Å². The van der Waals surface area contributed by atoms with Crippen LogP contribution in [0.3, 0.4) is 0 Å². The summed E-state index contributed by atoms with van der Waals surface area (Å²) in [7, 11) is 1.35. The third kappa shape index (κ3) is 3.44. The predicted molar refractivity (Wildman–Crippen MR) is 74.8 cm³/mol. The van der Waals surface area contributed by atoms with E-state index in [0.717, 1.165) is 4.57 Å². The Balaban J connectivity index is 2.21. The summed E-state index contributed by atoms with van der Waals surface area (Å²) < 4.78 is 19.5. The van der Waals surface area contributed by atoms with Gasteiger partial charge in [0.25, 0.3) is 11.6 Å². The zero-order chi connectivity index (χ0) is 15.4. The fourth-order valence-corrected chi connectivity index (χ4v) is 1.79. The van der Waals surface area contributed by atoms with Gasteiger partial charge in [0, 0.05) is 11.8 Å². The van der Waals surface area contributed by atoms with Crippen molar-refractivity contribution in [2.24, 2.45) is 0 Å². The number of halogens is 1. The van der Waals surface area contributed by atoms with E-state index in [1.54, 1.807) is 13.0 Å². The minimum Gasteiger partial charge on any atom is -0.468 e. The quantitative estimate of drug-likeness (QED) is 0.922. The van der Waals surface area contributed by atoms with Crippen LogP contribution in [0.2, 0.25) is 0 Å². The number of nitrogens with zero attached hydrogens (tertiary/aromatic N) is 2. The van der Waals surface area contributed by atoms with E-state index in [2.05, 4.69) is 10.3 Å². The zero-order valence-corrected chi connectivity index (χ0v) is 11.6. The van der Waals surface area contributed by atoms with Crippen molar-refractivity contribution in [3.05, 3.63) is 52.2 Å². The summed E-state index contributed by atoms with van der Waals surface area (Å²) in [6, 6.07) is 7.10. The smallest absolute Gasteiger partial charge is 0.299 e. The molecule has 2 rings (SSSR count). The summed E-state index contributed by atoms with van der Waals surface area (Å²) >= 11 is 0. The lowest BCUT2D eigenvalue weighted by Gasteiger charge is -2.11. The first kappa shape index (κ1) is 14.7. The molecule has 7 heteroatoms. The molecule has 0 radical (unpaired) electrons. The maximum atomic E-state index is 13.4. The van der Waals surface area contributed by atoms with Crippen LogP contribution in [0.1, 0.15) is 5.69 Å². The van der Waals surface area contributed by atoms with Gasteiger partial charge in [0.1, 0.15) is 12.4 Å². The minimum atomic E-state index is -0.550. The monoisotopic (exact) mass is 291 g/mol. The molecule has 1 aromatic heterocycles. The number of methoxy groups -OCH3 is 1.